The van der Waals surface area contributed by atoms with E-state index >= 15 is 0 Å². The lowest BCUT2D eigenvalue weighted by atomic mass is 10.2. The van der Waals surface area contributed by atoms with Crippen LogP contribution < -0.4 is 4.90 Å². The minimum Gasteiger partial charge on any atom is -0.368 e. The second kappa shape index (κ2) is 8.69. The number of carbonyl (C=O) groups is 1. The van der Waals surface area contributed by atoms with E-state index in [0.29, 0.717) is 31.9 Å². The number of aromatic nitrogens is 1. The van der Waals surface area contributed by atoms with Gasteiger partial charge in [0, 0.05) is 55.9 Å². The molecular weight excluding hydrogens is 437 g/mol. The number of halogens is 2. The van der Waals surface area contributed by atoms with Crippen LogP contribution in [0.1, 0.15) is 16.1 Å². The number of anilines is 1. The van der Waals surface area contributed by atoms with Crippen molar-refractivity contribution in [3.63, 3.8) is 0 Å². The summed E-state index contributed by atoms with van der Waals surface area (Å²) >= 11 is 5.89. The lowest BCUT2D eigenvalue weighted by Crippen LogP contribution is -2.49. The summed E-state index contributed by atoms with van der Waals surface area (Å²) < 4.78 is 15.1. The van der Waals surface area contributed by atoms with Gasteiger partial charge >= 0.3 is 0 Å². The van der Waals surface area contributed by atoms with Crippen molar-refractivity contribution in [3.05, 3.63) is 86.9 Å². The summed E-state index contributed by atoms with van der Waals surface area (Å²) in [5, 5.41) is 20.3. The quantitative estimate of drug-likeness (QED) is 0.439. The zero-order chi connectivity index (χ0) is 22.8. The maximum Gasteiger partial charge on any atom is 0.272 e. The van der Waals surface area contributed by atoms with Gasteiger partial charge in [-0.25, -0.2) is 4.39 Å². The molecule has 0 bridgehead atoms. The molecule has 0 aliphatic carbocycles. The van der Waals surface area contributed by atoms with Crippen LogP contribution in [0.3, 0.4) is 0 Å². The molecule has 162 valence electrons. The number of nitrogens with zero attached hydrogens (tertiary/aromatic N) is 5. The van der Waals surface area contributed by atoms with Crippen LogP contribution >= 0.6 is 11.6 Å². The van der Waals surface area contributed by atoms with Gasteiger partial charge in [0.05, 0.1) is 15.5 Å². The molecule has 10 heteroatoms. The average molecular weight is 454 g/mol. The summed E-state index contributed by atoms with van der Waals surface area (Å²) in [7, 11) is 0. The van der Waals surface area contributed by atoms with Crippen LogP contribution in [0, 0.1) is 27.3 Å². The molecule has 1 aliphatic rings. The standard InChI is InChI=1S/C22H17ClFN5O3/c23-19-13-18(5-6-20(19)24)28-8-7-15(14-25)21(28)22(30)27-11-9-26(10-12-27)16-1-3-17(4-2-16)29(31)32/h1-8,13H,9-12H2. The molecule has 32 heavy (non-hydrogen) atoms. The Morgan fingerprint density at radius 3 is 2.31 bits per heavy atom. The SMILES string of the molecule is N#Cc1ccn(-c2ccc(F)c(Cl)c2)c1C(=O)N1CCN(c2ccc([N+](=O)[O-])cc2)CC1. The maximum absolute atomic E-state index is 13.6. The highest BCUT2D eigenvalue weighted by Gasteiger charge is 2.27. The van der Waals surface area contributed by atoms with Crippen molar-refractivity contribution >= 4 is 28.9 Å². The van der Waals surface area contributed by atoms with Crippen molar-refractivity contribution in [2.75, 3.05) is 31.1 Å². The largest absolute Gasteiger partial charge is 0.368 e. The van der Waals surface area contributed by atoms with Gasteiger partial charge in [0.2, 0.25) is 0 Å². The molecule has 3 aromatic rings. The number of carbonyl (C=O) groups excluding carboxylic acids is 1. The molecule has 2 aromatic carbocycles. The van der Waals surface area contributed by atoms with Crippen LogP contribution in [0.4, 0.5) is 15.8 Å². The van der Waals surface area contributed by atoms with Crippen molar-refractivity contribution in [1.29, 1.82) is 5.26 Å². The second-order valence-corrected chi connectivity index (χ2v) is 7.62. The normalized spacial score (nSPS) is 13.7. The van der Waals surface area contributed by atoms with Crippen LogP contribution in [-0.2, 0) is 0 Å². The van der Waals surface area contributed by atoms with Gasteiger partial charge in [-0.3, -0.25) is 14.9 Å². The Morgan fingerprint density at radius 1 is 1.06 bits per heavy atom. The number of amides is 1. The van der Waals surface area contributed by atoms with E-state index in [-0.39, 0.29) is 27.9 Å². The molecule has 1 aromatic heterocycles. The van der Waals surface area contributed by atoms with Crippen LogP contribution in [0.2, 0.25) is 5.02 Å². The number of non-ortho nitro benzene ring substituents is 1. The minimum absolute atomic E-state index is 0.0215. The third kappa shape index (κ3) is 4.00. The van der Waals surface area contributed by atoms with E-state index in [1.807, 2.05) is 11.0 Å². The summed E-state index contributed by atoms with van der Waals surface area (Å²) in [4.78, 5) is 27.4. The van der Waals surface area contributed by atoms with Gasteiger partial charge in [-0.05, 0) is 36.4 Å². The third-order valence-corrected chi connectivity index (χ3v) is 5.67. The van der Waals surface area contributed by atoms with Crippen LogP contribution in [0.15, 0.2) is 54.7 Å². The van der Waals surface area contributed by atoms with Crippen molar-refractivity contribution < 1.29 is 14.1 Å². The van der Waals surface area contributed by atoms with E-state index < -0.39 is 10.7 Å². The Kier molecular flexibility index (Phi) is 5.79. The van der Waals surface area contributed by atoms with E-state index in [9.17, 15) is 24.6 Å². The molecule has 0 unspecified atom stereocenters. The molecule has 8 nitrogen and oxygen atoms in total. The van der Waals surface area contributed by atoms with Crippen molar-refractivity contribution in [2.24, 2.45) is 0 Å². The first-order chi connectivity index (χ1) is 15.4. The van der Waals surface area contributed by atoms with Gasteiger partial charge in [-0.15, -0.1) is 0 Å². The Bertz CT molecular complexity index is 1230. The molecule has 0 atom stereocenters. The first-order valence-electron chi connectivity index (χ1n) is 9.74. The second-order valence-electron chi connectivity index (χ2n) is 7.21. The molecule has 1 aliphatic heterocycles. The van der Waals surface area contributed by atoms with E-state index in [4.69, 9.17) is 11.6 Å². The average Bonchev–Trinajstić information content (AvgIpc) is 3.24. The van der Waals surface area contributed by atoms with E-state index in [2.05, 4.69) is 0 Å². The maximum atomic E-state index is 13.6. The van der Waals surface area contributed by atoms with E-state index in [1.165, 1.54) is 41.0 Å². The number of hydrogen-bond acceptors (Lipinski definition) is 5. The highest BCUT2D eigenvalue weighted by molar-refractivity contribution is 6.30. The van der Waals surface area contributed by atoms with Gasteiger partial charge < -0.3 is 14.4 Å². The first-order valence-corrected chi connectivity index (χ1v) is 10.1. The first kappa shape index (κ1) is 21.3. The summed E-state index contributed by atoms with van der Waals surface area (Å²) in [5.74, 6) is -0.881. The summed E-state index contributed by atoms with van der Waals surface area (Å²) in [6.07, 6.45) is 1.59. The van der Waals surface area contributed by atoms with Gasteiger partial charge in [0.25, 0.3) is 11.6 Å². The third-order valence-electron chi connectivity index (χ3n) is 5.38. The fraction of sp³-hybridized carbons (Fsp3) is 0.182. The molecule has 0 spiro atoms. The number of nitriles is 1. The number of piperazine rings is 1. The van der Waals surface area contributed by atoms with Crippen LogP contribution in [0.5, 0.6) is 0 Å². The number of benzene rings is 2. The topological polar surface area (TPSA) is 95.4 Å². The Morgan fingerprint density at radius 2 is 1.72 bits per heavy atom. The lowest BCUT2D eigenvalue weighted by molar-refractivity contribution is -0.384. The van der Waals surface area contributed by atoms with Crippen molar-refractivity contribution in [3.8, 4) is 11.8 Å². The minimum atomic E-state index is -0.571. The van der Waals surface area contributed by atoms with E-state index in [1.54, 1.807) is 23.2 Å². The summed E-state index contributed by atoms with van der Waals surface area (Å²) in [6, 6.07) is 14.0. The highest BCUT2D eigenvalue weighted by Crippen LogP contribution is 2.25. The number of nitro groups is 1. The number of nitro benzene ring substituents is 1. The fourth-order valence-corrected chi connectivity index (χ4v) is 3.87. The van der Waals surface area contributed by atoms with Gasteiger partial charge in [0.1, 0.15) is 17.6 Å². The van der Waals surface area contributed by atoms with Gasteiger partial charge in [0.15, 0.2) is 0 Å². The zero-order valence-corrected chi connectivity index (χ0v) is 17.5. The highest BCUT2D eigenvalue weighted by atomic mass is 35.5. The molecular formula is C22H17ClFN5O3. The molecule has 1 fully saturated rings. The molecule has 2 heterocycles. The Hall–Kier alpha value is -3.90. The van der Waals surface area contributed by atoms with Gasteiger partial charge in [-0.2, -0.15) is 5.26 Å². The predicted molar refractivity (Wildman–Crippen MR) is 117 cm³/mol. The fourth-order valence-electron chi connectivity index (χ4n) is 3.69. The monoisotopic (exact) mass is 453 g/mol. The zero-order valence-electron chi connectivity index (χ0n) is 16.7. The number of hydrogen-bond donors (Lipinski definition) is 0. The van der Waals surface area contributed by atoms with Crippen molar-refractivity contribution in [2.45, 2.75) is 0 Å². The predicted octanol–water partition coefficient (Wildman–Crippen LogP) is 4.01. The van der Waals surface area contributed by atoms with Crippen molar-refractivity contribution in [1.82, 2.24) is 9.47 Å². The molecule has 0 radical (unpaired) electrons. The summed E-state index contributed by atoms with van der Waals surface area (Å²) in [5.41, 5.74) is 1.75. The molecule has 4 rings (SSSR count). The van der Waals surface area contributed by atoms with Crippen LogP contribution in [0.25, 0.3) is 5.69 Å². The lowest BCUT2D eigenvalue weighted by Gasteiger charge is -2.36. The van der Waals surface area contributed by atoms with E-state index in [0.717, 1.165) is 5.69 Å². The molecule has 0 saturated carbocycles. The molecule has 1 amide bonds. The summed E-state index contributed by atoms with van der Waals surface area (Å²) in [6.45, 7) is 1.90. The Labute approximate surface area is 187 Å². The number of rotatable bonds is 4. The Balaban J connectivity index is 1.53. The molecule has 0 N–H and O–H groups in total. The van der Waals surface area contributed by atoms with Crippen LogP contribution in [-0.4, -0.2) is 46.5 Å². The van der Waals surface area contributed by atoms with Gasteiger partial charge in [-0.1, -0.05) is 11.6 Å². The molecule has 1 saturated heterocycles. The smallest absolute Gasteiger partial charge is 0.272 e.